The Hall–Kier alpha value is -1.75. The van der Waals surface area contributed by atoms with Crippen molar-refractivity contribution in [2.45, 2.75) is 32.7 Å². The molecule has 0 fully saturated rings. The van der Waals surface area contributed by atoms with Crippen LogP contribution in [-0.4, -0.2) is 23.2 Å². The number of rotatable bonds is 5. The van der Waals surface area contributed by atoms with Gasteiger partial charge in [0.05, 0.1) is 0 Å². The van der Waals surface area contributed by atoms with Crippen LogP contribution in [0.25, 0.3) is 11.4 Å². The molecule has 102 valence electrons. The molecule has 0 saturated heterocycles. The fraction of sp³-hybridized carbons (Fsp3) is 0.429. The largest absolute Gasteiger partial charge is 0.339 e. The van der Waals surface area contributed by atoms with Gasteiger partial charge in [-0.25, -0.2) is 4.39 Å². The van der Waals surface area contributed by atoms with Crippen molar-refractivity contribution < 1.29 is 8.91 Å². The number of likely N-dealkylation sites (N-methyl/N-ethyl adjacent to an activating group) is 1. The van der Waals surface area contributed by atoms with E-state index in [9.17, 15) is 4.39 Å². The molecule has 1 unspecified atom stereocenters. The predicted octanol–water partition coefficient (Wildman–Crippen LogP) is 2.72. The van der Waals surface area contributed by atoms with Crippen LogP contribution in [0.2, 0.25) is 0 Å². The van der Waals surface area contributed by atoms with Gasteiger partial charge < -0.3 is 9.84 Å². The molecule has 1 heterocycles. The summed E-state index contributed by atoms with van der Waals surface area (Å²) in [5.74, 6) is 0.871. The maximum atomic E-state index is 13.2. The third-order valence-corrected chi connectivity index (χ3v) is 3.21. The first-order valence-electron chi connectivity index (χ1n) is 6.40. The Balaban J connectivity index is 2.18. The lowest BCUT2D eigenvalue weighted by Crippen LogP contribution is -2.26. The van der Waals surface area contributed by atoms with E-state index >= 15 is 0 Å². The summed E-state index contributed by atoms with van der Waals surface area (Å²) in [5.41, 5.74) is 1.34. The minimum absolute atomic E-state index is 0.228. The summed E-state index contributed by atoms with van der Waals surface area (Å²) < 4.78 is 18.4. The Bertz CT molecular complexity index is 549. The Labute approximate surface area is 112 Å². The summed E-state index contributed by atoms with van der Waals surface area (Å²) in [5, 5.41) is 7.13. The van der Waals surface area contributed by atoms with Crippen LogP contribution in [0, 0.1) is 12.7 Å². The van der Waals surface area contributed by atoms with Gasteiger partial charge in [-0.15, -0.1) is 0 Å². The van der Waals surface area contributed by atoms with Gasteiger partial charge in [-0.2, -0.15) is 4.98 Å². The van der Waals surface area contributed by atoms with Crippen LogP contribution in [-0.2, 0) is 6.42 Å². The molecule has 1 aromatic carbocycles. The minimum Gasteiger partial charge on any atom is -0.339 e. The van der Waals surface area contributed by atoms with E-state index in [0.29, 0.717) is 29.7 Å². The molecule has 0 aliphatic heterocycles. The highest BCUT2D eigenvalue weighted by molar-refractivity contribution is 5.55. The Morgan fingerprint density at radius 1 is 1.42 bits per heavy atom. The zero-order chi connectivity index (χ0) is 13.8. The molecular formula is C14H18FN3O. The number of aryl methyl sites for hydroxylation is 1. The van der Waals surface area contributed by atoms with Crippen molar-refractivity contribution >= 4 is 0 Å². The molecule has 0 aliphatic rings. The van der Waals surface area contributed by atoms with Gasteiger partial charge in [0.15, 0.2) is 0 Å². The second-order valence-electron chi connectivity index (χ2n) is 4.57. The maximum absolute atomic E-state index is 13.2. The zero-order valence-electron chi connectivity index (χ0n) is 11.4. The first-order valence-corrected chi connectivity index (χ1v) is 6.40. The van der Waals surface area contributed by atoms with Crippen molar-refractivity contribution in [3.8, 4) is 11.4 Å². The van der Waals surface area contributed by atoms with Crippen molar-refractivity contribution in [2.24, 2.45) is 0 Å². The van der Waals surface area contributed by atoms with Crippen LogP contribution < -0.4 is 5.32 Å². The highest BCUT2D eigenvalue weighted by Gasteiger charge is 2.13. The second-order valence-corrected chi connectivity index (χ2v) is 4.57. The van der Waals surface area contributed by atoms with Gasteiger partial charge in [0.25, 0.3) is 0 Å². The van der Waals surface area contributed by atoms with E-state index in [1.807, 2.05) is 7.05 Å². The van der Waals surface area contributed by atoms with Crippen LogP contribution in [0.1, 0.15) is 24.8 Å². The van der Waals surface area contributed by atoms with E-state index in [1.54, 1.807) is 19.1 Å². The lowest BCUT2D eigenvalue weighted by molar-refractivity contribution is 0.359. The van der Waals surface area contributed by atoms with Crippen molar-refractivity contribution in [1.82, 2.24) is 15.5 Å². The Morgan fingerprint density at radius 2 is 2.21 bits per heavy atom. The van der Waals surface area contributed by atoms with Gasteiger partial charge in [-0.05, 0) is 44.2 Å². The van der Waals surface area contributed by atoms with Gasteiger partial charge in [-0.1, -0.05) is 12.1 Å². The van der Waals surface area contributed by atoms with Crippen molar-refractivity contribution in [2.75, 3.05) is 7.05 Å². The van der Waals surface area contributed by atoms with E-state index in [4.69, 9.17) is 4.52 Å². The highest BCUT2D eigenvalue weighted by Crippen LogP contribution is 2.19. The molecule has 0 amide bonds. The molecule has 0 saturated carbocycles. The highest BCUT2D eigenvalue weighted by atomic mass is 19.1. The van der Waals surface area contributed by atoms with E-state index in [-0.39, 0.29) is 5.82 Å². The van der Waals surface area contributed by atoms with E-state index in [2.05, 4.69) is 22.4 Å². The fourth-order valence-corrected chi connectivity index (χ4v) is 1.90. The molecule has 0 spiro atoms. The molecule has 0 bridgehead atoms. The monoisotopic (exact) mass is 263 g/mol. The Morgan fingerprint density at radius 3 is 2.84 bits per heavy atom. The number of hydrogen-bond donors (Lipinski definition) is 1. The molecule has 0 radical (unpaired) electrons. The topological polar surface area (TPSA) is 51.0 Å². The van der Waals surface area contributed by atoms with Gasteiger partial charge >= 0.3 is 0 Å². The summed E-state index contributed by atoms with van der Waals surface area (Å²) >= 11 is 0. The third kappa shape index (κ3) is 3.17. The quantitative estimate of drug-likeness (QED) is 0.901. The van der Waals surface area contributed by atoms with Crippen LogP contribution in [0.15, 0.2) is 22.7 Å². The lowest BCUT2D eigenvalue weighted by atomic mass is 10.1. The molecule has 2 rings (SSSR count). The molecule has 19 heavy (non-hydrogen) atoms. The minimum atomic E-state index is -0.228. The normalized spacial score (nSPS) is 12.6. The summed E-state index contributed by atoms with van der Waals surface area (Å²) in [4.78, 5) is 4.35. The summed E-state index contributed by atoms with van der Waals surface area (Å²) in [6.07, 6.45) is 1.68. The first kappa shape index (κ1) is 13.7. The summed E-state index contributed by atoms with van der Waals surface area (Å²) in [6.45, 7) is 3.82. The van der Waals surface area contributed by atoms with Gasteiger partial charge in [0.2, 0.25) is 11.7 Å². The van der Waals surface area contributed by atoms with E-state index < -0.39 is 0 Å². The molecule has 0 aliphatic carbocycles. The summed E-state index contributed by atoms with van der Waals surface area (Å²) in [7, 11) is 1.91. The van der Waals surface area contributed by atoms with Crippen LogP contribution in [0.5, 0.6) is 0 Å². The van der Waals surface area contributed by atoms with Crippen molar-refractivity contribution in [3.05, 3.63) is 35.5 Å². The SMILES string of the molecule is CCC(Cc1nc(-c2ccc(F)c(C)c2)no1)NC. The van der Waals surface area contributed by atoms with Gasteiger partial charge in [-0.3, -0.25) is 0 Å². The fourth-order valence-electron chi connectivity index (χ4n) is 1.90. The standard InChI is InChI=1S/C14H18FN3O/c1-4-11(16-3)8-13-17-14(18-19-13)10-5-6-12(15)9(2)7-10/h5-7,11,16H,4,8H2,1-3H3. The first-order chi connectivity index (χ1) is 9.13. The number of aromatic nitrogens is 2. The average molecular weight is 263 g/mol. The second kappa shape index (κ2) is 5.93. The van der Waals surface area contributed by atoms with Gasteiger partial charge in [0.1, 0.15) is 5.82 Å². The van der Waals surface area contributed by atoms with E-state index in [1.165, 1.54) is 6.07 Å². The van der Waals surface area contributed by atoms with Crippen LogP contribution in [0.4, 0.5) is 4.39 Å². The zero-order valence-corrected chi connectivity index (χ0v) is 11.4. The lowest BCUT2D eigenvalue weighted by Gasteiger charge is -2.09. The Kier molecular flexibility index (Phi) is 4.27. The van der Waals surface area contributed by atoms with Crippen LogP contribution in [0.3, 0.4) is 0 Å². The molecule has 2 aromatic rings. The number of halogens is 1. The number of hydrogen-bond acceptors (Lipinski definition) is 4. The summed E-state index contributed by atoms with van der Waals surface area (Å²) in [6, 6.07) is 5.12. The molecule has 1 aromatic heterocycles. The molecule has 5 heteroatoms. The molecular weight excluding hydrogens is 245 g/mol. The maximum Gasteiger partial charge on any atom is 0.228 e. The number of nitrogens with one attached hydrogen (secondary N) is 1. The van der Waals surface area contributed by atoms with Crippen LogP contribution >= 0.6 is 0 Å². The third-order valence-electron chi connectivity index (χ3n) is 3.21. The van der Waals surface area contributed by atoms with Gasteiger partial charge in [0, 0.05) is 18.0 Å². The number of benzene rings is 1. The van der Waals surface area contributed by atoms with E-state index in [0.717, 1.165) is 12.0 Å². The van der Waals surface area contributed by atoms with Crippen molar-refractivity contribution in [1.29, 1.82) is 0 Å². The number of nitrogens with zero attached hydrogens (tertiary/aromatic N) is 2. The molecule has 1 N–H and O–H groups in total. The molecule has 4 nitrogen and oxygen atoms in total. The molecule has 1 atom stereocenters. The smallest absolute Gasteiger partial charge is 0.228 e. The van der Waals surface area contributed by atoms with Crippen molar-refractivity contribution in [3.63, 3.8) is 0 Å². The average Bonchev–Trinajstić information content (AvgIpc) is 2.87. The predicted molar refractivity (Wildman–Crippen MR) is 71.3 cm³/mol.